The highest BCUT2D eigenvalue weighted by atomic mass is 35.5. The summed E-state index contributed by atoms with van der Waals surface area (Å²) in [6, 6.07) is 22.8. The van der Waals surface area contributed by atoms with Crippen molar-refractivity contribution < 1.29 is 4.79 Å². The van der Waals surface area contributed by atoms with Crippen molar-refractivity contribution in [2.75, 3.05) is 11.9 Å². The number of nitrogens with zero attached hydrogens (tertiary/aromatic N) is 3. The van der Waals surface area contributed by atoms with Crippen LogP contribution in [0.3, 0.4) is 0 Å². The van der Waals surface area contributed by atoms with Crippen LogP contribution in [0.5, 0.6) is 0 Å². The SMILES string of the molecule is Cc1ccc(NCC(=O)c2ccc(-n3nncc3-c3ccc(Cl)cc3)cc2)cc1. The first-order valence-corrected chi connectivity index (χ1v) is 9.59. The van der Waals surface area contributed by atoms with Crippen LogP contribution in [0.15, 0.2) is 79.0 Å². The minimum Gasteiger partial charge on any atom is -0.378 e. The van der Waals surface area contributed by atoms with Gasteiger partial charge in [-0.3, -0.25) is 4.79 Å². The van der Waals surface area contributed by atoms with E-state index in [0.29, 0.717) is 10.6 Å². The van der Waals surface area contributed by atoms with Crippen LogP contribution in [-0.2, 0) is 0 Å². The molecule has 0 amide bonds. The maximum atomic E-state index is 12.5. The van der Waals surface area contributed by atoms with Gasteiger partial charge in [0.25, 0.3) is 0 Å². The molecule has 4 aromatic rings. The van der Waals surface area contributed by atoms with Crippen LogP contribution in [0, 0.1) is 6.92 Å². The van der Waals surface area contributed by atoms with Crippen molar-refractivity contribution in [3.8, 4) is 16.9 Å². The monoisotopic (exact) mass is 402 g/mol. The number of ketones is 1. The second-order valence-corrected chi connectivity index (χ2v) is 7.16. The highest BCUT2D eigenvalue weighted by Crippen LogP contribution is 2.23. The van der Waals surface area contributed by atoms with E-state index in [-0.39, 0.29) is 12.3 Å². The Labute approximate surface area is 174 Å². The van der Waals surface area contributed by atoms with Gasteiger partial charge >= 0.3 is 0 Å². The minimum atomic E-state index is 0.0219. The summed E-state index contributed by atoms with van der Waals surface area (Å²) in [6.45, 7) is 2.27. The third kappa shape index (κ3) is 4.36. The lowest BCUT2D eigenvalue weighted by molar-refractivity contribution is 0.101. The van der Waals surface area contributed by atoms with Gasteiger partial charge in [-0.2, -0.15) is 0 Å². The van der Waals surface area contributed by atoms with Gasteiger partial charge in [0.2, 0.25) is 0 Å². The molecular weight excluding hydrogens is 384 g/mol. The summed E-state index contributed by atoms with van der Waals surface area (Å²) in [6.07, 6.45) is 1.70. The van der Waals surface area contributed by atoms with Crippen molar-refractivity contribution in [1.29, 1.82) is 0 Å². The predicted octanol–water partition coefficient (Wildman–Crippen LogP) is 5.19. The number of aryl methyl sites for hydroxylation is 1. The third-order valence-corrected chi connectivity index (χ3v) is 4.88. The van der Waals surface area contributed by atoms with E-state index in [2.05, 4.69) is 15.6 Å². The number of hydrogen-bond acceptors (Lipinski definition) is 4. The van der Waals surface area contributed by atoms with E-state index in [0.717, 1.165) is 22.6 Å². The van der Waals surface area contributed by atoms with Crippen LogP contribution in [0.4, 0.5) is 5.69 Å². The zero-order valence-electron chi connectivity index (χ0n) is 15.8. The fourth-order valence-electron chi connectivity index (χ4n) is 2.99. The van der Waals surface area contributed by atoms with Gasteiger partial charge in [0.15, 0.2) is 5.78 Å². The molecule has 0 saturated heterocycles. The van der Waals surface area contributed by atoms with Crippen molar-refractivity contribution >= 4 is 23.1 Å². The van der Waals surface area contributed by atoms with E-state index >= 15 is 0 Å². The first-order valence-electron chi connectivity index (χ1n) is 9.21. The highest BCUT2D eigenvalue weighted by molar-refractivity contribution is 6.30. The first-order chi connectivity index (χ1) is 14.1. The van der Waals surface area contributed by atoms with Crippen LogP contribution < -0.4 is 5.32 Å². The van der Waals surface area contributed by atoms with E-state index in [1.807, 2.05) is 79.7 Å². The molecule has 3 aromatic carbocycles. The Hall–Kier alpha value is -3.44. The van der Waals surface area contributed by atoms with Gasteiger partial charge in [0.05, 0.1) is 24.1 Å². The molecule has 1 aromatic heterocycles. The first kappa shape index (κ1) is 18.9. The molecule has 29 heavy (non-hydrogen) atoms. The van der Waals surface area contributed by atoms with Gasteiger partial charge in [-0.15, -0.1) is 5.10 Å². The van der Waals surface area contributed by atoms with Gasteiger partial charge in [0, 0.05) is 21.8 Å². The average molecular weight is 403 g/mol. The summed E-state index contributed by atoms with van der Waals surface area (Å²) >= 11 is 5.97. The number of anilines is 1. The van der Waals surface area contributed by atoms with Crippen molar-refractivity contribution in [2.24, 2.45) is 0 Å². The van der Waals surface area contributed by atoms with Crippen molar-refractivity contribution in [3.63, 3.8) is 0 Å². The van der Waals surface area contributed by atoms with E-state index in [1.165, 1.54) is 5.56 Å². The molecule has 0 saturated carbocycles. The van der Waals surface area contributed by atoms with Crippen LogP contribution in [-0.4, -0.2) is 27.3 Å². The maximum Gasteiger partial charge on any atom is 0.181 e. The van der Waals surface area contributed by atoms with Crippen LogP contribution in [0.1, 0.15) is 15.9 Å². The summed E-state index contributed by atoms with van der Waals surface area (Å²) in [5.74, 6) is 0.0219. The van der Waals surface area contributed by atoms with Gasteiger partial charge in [0.1, 0.15) is 0 Å². The number of halogens is 1. The summed E-state index contributed by atoms with van der Waals surface area (Å²) < 4.78 is 1.74. The molecule has 0 spiro atoms. The van der Waals surface area contributed by atoms with Crippen LogP contribution >= 0.6 is 11.6 Å². The predicted molar refractivity (Wildman–Crippen MR) is 116 cm³/mol. The van der Waals surface area contributed by atoms with E-state index in [4.69, 9.17) is 11.6 Å². The number of hydrogen-bond donors (Lipinski definition) is 1. The van der Waals surface area contributed by atoms with Crippen LogP contribution in [0.25, 0.3) is 16.9 Å². The summed E-state index contributed by atoms with van der Waals surface area (Å²) in [5, 5.41) is 12.0. The smallest absolute Gasteiger partial charge is 0.181 e. The molecule has 1 N–H and O–H groups in total. The zero-order valence-corrected chi connectivity index (χ0v) is 16.6. The maximum absolute atomic E-state index is 12.5. The van der Waals surface area contributed by atoms with E-state index < -0.39 is 0 Å². The molecule has 0 fully saturated rings. The Morgan fingerprint density at radius 3 is 2.34 bits per heavy atom. The number of carbonyl (C=O) groups excluding carboxylic acids is 1. The fraction of sp³-hybridized carbons (Fsp3) is 0.0870. The Balaban J connectivity index is 1.48. The number of Topliss-reactive ketones (excluding diaryl/α,β-unsaturated/α-hetero) is 1. The Kier molecular flexibility index (Phi) is 5.40. The summed E-state index contributed by atoms with van der Waals surface area (Å²) in [4.78, 5) is 12.5. The molecule has 6 heteroatoms. The molecule has 0 aliphatic heterocycles. The second-order valence-electron chi connectivity index (χ2n) is 6.73. The van der Waals surface area contributed by atoms with Crippen molar-refractivity contribution in [1.82, 2.24) is 15.0 Å². The topological polar surface area (TPSA) is 59.8 Å². The van der Waals surface area contributed by atoms with Crippen LogP contribution in [0.2, 0.25) is 5.02 Å². The Morgan fingerprint density at radius 1 is 0.966 bits per heavy atom. The summed E-state index contributed by atoms with van der Waals surface area (Å²) in [7, 11) is 0. The number of nitrogens with one attached hydrogen (secondary N) is 1. The molecule has 5 nitrogen and oxygen atoms in total. The fourth-order valence-corrected chi connectivity index (χ4v) is 3.11. The lowest BCUT2D eigenvalue weighted by atomic mass is 10.1. The normalized spacial score (nSPS) is 10.7. The average Bonchev–Trinajstić information content (AvgIpc) is 3.24. The molecule has 144 valence electrons. The van der Waals surface area contributed by atoms with Gasteiger partial charge < -0.3 is 5.32 Å². The quantitative estimate of drug-likeness (QED) is 0.451. The van der Waals surface area contributed by atoms with Gasteiger partial charge in [-0.1, -0.05) is 46.6 Å². The van der Waals surface area contributed by atoms with E-state index in [1.54, 1.807) is 10.9 Å². The standard InChI is InChI=1S/C23H19ClN4O/c1-16-2-10-20(11-3-16)25-15-23(29)18-6-12-21(13-7-18)28-22(14-26-27-28)17-4-8-19(24)9-5-17/h2-14,25H,15H2,1H3. The lowest BCUT2D eigenvalue weighted by Gasteiger charge is -2.09. The number of benzene rings is 3. The zero-order chi connectivity index (χ0) is 20.2. The van der Waals surface area contributed by atoms with Gasteiger partial charge in [-0.05, 0) is 55.5 Å². The molecular formula is C23H19ClN4O. The lowest BCUT2D eigenvalue weighted by Crippen LogP contribution is -2.14. The molecule has 0 aliphatic carbocycles. The molecule has 1 heterocycles. The second kappa shape index (κ2) is 8.29. The summed E-state index contributed by atoms with van der Waals surface area (Å²) in [5.41, 5.74) is 5.39. The molecule has 4 rings (SSSR count). The minimum absolute atomic E-state index is 0.0219. The number of aromatic nitrogens is 3. The molecule has 0 aliphatic rings. The molecule has 0 atom stereocenters. The molecule has 0 radical (unpaired) electrons. The third-order valence-electron chi connectivity index (χ3n) is 4.63. The Bertz CT molecular complexity index is 1120. The molecule has 0 unspecified atom stereocenters. The van der Waals surface area contributed by atoms with E-state index in [9.17, 15) is 4.79 Å². The van der Waals surface area contributed by atoms with Crippen molar-refractivity contribution in [2.45, 2.75) is 6.92 Å². The number of carbonyl (C=O) groups is 1. The van der Waals surface area contributed by atoms with Gasteiger partial charge in [-0.25, -0.2) is 4.68 Å². The molecule has 0 bridgehead atoms. The Morgan fingerprint density at radius 2 is 1.66 bits per heavy atom. The van der Waals surface area contributed by atoms with Crippen molar-refractivity contribution in [3.05, 3.63) is 95.1 Å². The number of rotatable bonds is 6. The largest absolute Gasteiger partial charge is 0.378 e. The highest BCUT2D eigenvalue weighted by Gasteiger charge is 2.11.